The van der Waals surface area contributed by atoms with Gasteiger partial charge in [-0.1, -0.05) is 60.7 Å². The van der Waals surface area contributed by atoms with Gasteiger partial charge in [0, 0.05) is 16.5 Å². The van der Waals surface area contributed by atoms with Gasteiger partial charge < -0.3 is 14.8 Å². The number of hydrogen-bond donors (Lipinski definition) is 2. The molecule has 2 heterocycles. The Morgan fingerprint density at radius 1 is 0.938 bits per heavy atom. The molecule has 0 amide bonds. The number of pyridine rings is 1. The molecule has 158 valence electrons. The van der Waals surface area contributed by atoms with Gasteiger partial charge in [0.05, 0.1) is 10.9 Å². The van der Waals surface area contributed by atoms with Gasteiger partial charge in [-0.3, -0.25) is 4.79 Å². The summed E-state index contributed by atoms with van der Waals surface area (Å²) in [4.78, 5) is 16.0. The fraction of sp³-hybridized carbons (Fsp3) is 0.0385. The average molecular weight is 443 g/mol. The van der Waals surface area contributed by atoms with Crippen LogP contribution in [-0.4, -0.2) is 10.1 Å². The first-order valence-corrected chi connectivity index (χ1v) is 10.9. The first-order valence-electron chi connectivity index (χ1n) is 10.0. The minimum Gasteiger partial charge on any atom is -0.506 e. The molecule has 3 aromatic carbocycles. The molecule has 0 saturated carbocycles. The molecular weight excluding hydrogens is 425 g/mol. The van der Waals surface area contributed by atoms with Crippen molar-refractivity contribution in [3.63, 3.8) is 0 Å². The van der Waals surface area contributed by atoms with Crippen LogP contribution in [0, 0.1) is 5.82 Å². The Kier molecular flexibility index (Phi) is 5.21. The summed E-state index contributed by atoms with van der Waals surface area (Å²) in [6.45, 7) is 0.319. The summed E-state index contributed by atoms with van der Waals surface area (Å²) in [5, 5.41) is 13.4. The maximum atomic E-state index is 14.2. The van der Waals surface area contributed by atoms with Crippen LogP contribution in [0.3, 0.4) is 0 Å². The smallest absolute Gasteiger partial charge is 0.260 e. The maximum absolute atomic E-state index is 14.2. The lowest BCUT2D eigenvalue weighted by atomic mass is 10.00. The van der Waals surface area contributed by atoms with Gasteiger partial charge in [-0.05, 0) is 29.3 Å². The highest BCUT2D eigenvalue weighted by Gasteiger charge is 2.21. The van der Waals surface area contributed by atoms with E-state index >= 15 is 0 Å². The van der Waals surface area contributed by atoms with E-state index in [-0.39, 0.29) is 16.9 Å². The van der Waals surface area contributed by atoms with Gasteiger partial charge in [0.15, 0.2) is 0 Å². The molecule has 5 aromatic rings. The fourth-order valence-electron chi connectivity index (χ4n) is 3.73. The Morgan fingerprint density at radius 2 is 1.66 bits per heavy atom. The highest BCUT2D eigenvalue weighted by Crippen LogP contribution is 2.44. The summed E-state index contributed by atoms with van der Waals surface area (Å²) >= 11 is 1.28. The van der Waals surface area contributed by atoms with Gasteiger partial charge >= 0.3 is 0 Å². The highest BCUT2D eigenvalue weighted by atomic mass is 32.1. The molecule has 2 aromatic heterocycles. The van der Waals surface area contributed by atoms with Crippen LogP contribution in [0.25, 0.3) is 32.5 Å². The quantitative estimate of drug-likeness (QED) is 0.333. The number of fused-ring (bicyclic) bond motifs is 1. The zero-order valence-electron chi connectivity index (χ0n) is 16.8. The third kappa shape index (κ3) is 3.65. The molecular formula is C26H18FNO3S. The molecule has 0 aliphatic carbocycles. The number of halogens is 1. The SMILES string of the molecule is O=c1[nH]c2scc(-c3cc(F)ccc3OCc3ccccc3)c2c(O)c1-c1ccccc1. The molecule has 6 heteroatoms. The fourth-order valence-corrected chi connectivity index (χ4v) is 4.68. The van der Waals surface area contributed by atoms with Crippen molar-refractivity contribution < 1.29 is 14.2 Å². The van der Waals surface area contributed by atoms with Crippen LogP contribution in [0.2, 0.25) is 0 Å². The molecule has 0 aliphatic rings. The molecule has 0 radical (unpaired) electrons. The minimum atomic E-state index is -0.418. The first kappa shape index (κ1) is 20.0. The van der Waals surface area contributed by atoms with Crippen molar-refractivity contribution in [1.29, 1.82) is 0 Å². The second-order valence-corrected chi connectivity index (χ2v) is 8.19. The van der Waals surface area contributed by atoms with Crippen molar-refractivity contribution in [3.05, 3.63) is 106 Å². The number of thiophene rings is 1. The number of hydrogen-bond acceptors (Lipinski definition) is 4. The standard InChI is InChI=1S/C26H18FNO3S/c27-18-11-12-21(31-14-16-7-3-1-4-8-16)19(13-18)20-15-32-26-23(20)24(29)22(25(30)28-26)17-9-5-2-6-10-17/h1-13,15H,14H2,(H2,28,29,30). The Bertz CT molecular complexity index is 1460. The number of aromatic nitrogens is 1. The number of aromatic hydroxyl groups is 1. The predicted octanol–water partition coefficient (Wildman–Crippen LogP) is 6.35. The topological polar surface area (TPSA) is 62.3 Å². The number of nitrogens with one attached hydrogen (secondary N) is 1. The molecule has 2 N–H and O–H groups in total. The summed E-state index contributed by atoms with van der Waals surface area (Å²) in [5.74, 6) is -0.0649. The van der Waals surface area contributed by atoms with Crippen LogP contribution in [0.1, 0.15) is 5.56 Å². The second kappa shape index (κ2) is 8.32. The van der Waals surface area contributed by atoms with E-state index in [4.69, 9.17) is 4.74 Å². The van der Waals surface area contributed by atoms with Crippen LogP contribution < -0.4 is 10.3 Å². The van der Waals surface area contributed by atoms with Crippen LogP contribution in [-0.2, 0) is 6.61 Å². The normalized spacial score (nSPS) is 11.0. The molecule has 0 aliphatic heterocycles. The van der Waals surface area contributed by atoms with Crippen molar-refractivity contribution in [1.82, 2.24) is 4.98 Å². The van der Waals surface area contributed by atoms with Gasteiger partial charge in [-0.2, -0.15) is 0 Å². The van der Waals surface area contributed by atoms with E-state index in [1.807, 2.05) is 36.4 Å². The van der Waals surface area contributed by atoms with E-state index in [2.05, 4.69) is 4.98 Å². The molecule has 5 rings (SSSR count). The van der Waals surface area contributed by atoms with Gasteiger partial charge in [0.25, 0.3) is 5.56 Å². The van der Waals surface area contributed by atoms with Crippen molar-refractivity contribution in [2.45, 2.75) is 6.61 Å². The molecule has 0 unspecified atom stereocenters. The van der Waals surface area contributed by atoms with Crippen molar-refractivity contribution >= 4 is 21.6 Å². The van der Waals surface area contributed by atoms with E-state index in [1.165, 1.54) is 23.5 Å². The van der Waals surface area contributed by atoms with Crippen LogP contribution in [0.15, 0.2) is 89.0 Å². The van der Waals surface area contributed by atoms with Crippen molar-refractivity contribution in [2.75, 3.05) is 0 Å². The summed E-state index contributed by atoms with van der Waals surface area (Å²) in [6, 6.07) is 23.0. The number of benzene rings is 3. The monoisotopic (exact) mass is 443 g/mol. The molecule has 4 nitrogen and oxygen atoms in total. The average Bonchev–Trinajstić information content (AvgIpc) is 3.23. The molecule has 32 heavy (non-hydrogen) atoms. The van der Waals surface area contributed by atoms with E-state index in [0.717, 1.165) is 5.56 Å². The summed E-state index contributed by atoms with van der Waals surface area (Å²) in [7, 11) is 0. The van der Waals surface area contributed by atoms with Gasteiger partial charge in [-0.15, -0.1) is 11.3 Å². The summed E-state index contributed by atoms with van der Waals surface area (Å²) in [6.07, 6.45) is 0. The Morgan fingerprint density at radius 3 is 2.41 bits per heavy atom. The van der Waals surface area contributed by atoms with E-state index < -0.39 is 5.82 Å². The van der Waals surface area contributed by atoms with E-state index in [0.29, 0.717) is 39.3 Å². The van der Waals surface area contributed by atoms with Crippen LogP contribution in [0.5, 0.6) is 11.5 Å². The number of aromatic amines is 1. The predicted molar refractivity (Wildman–Crippen MR) is 126 cm³/mol. The molecule has 0 spiro atoms. The number of ether oxygens (including phenoxy) is 1. The first-order chi connectivity index (χ1) is 15.6. The van der Waals surface area contributed by atoms with Gasteiger partial charge in [0.2, 0.25) is 0 Å². The lowest BCUT2D eigenvalue weighted by molar-refractivity contribution is 0.307. The largest absolute Gasteiger partial charge is 0.506 e. The third-order valence-electron chi connectivity index (χ3n) is 5.25. The van der Waals surface area contributed by atoms with Crippen molar-refractivity contribution in [2.24, 2.45) is 0 Å². The zero-order valence-corrected chi connectivity index (χ0v) is 17.7. The Balaban J connectivity index is 1.65. The number of H-pyrrole nitrogens is 1. The Labute approximate surface area is 187 Å². The van der Waals surface area contributed by atoms with Gasteiger partial charge in [0.1, 0.15) is 28.8 Å². The van der Waals surface area contributed by atoms with E-state index in [9.17, 15) is 14.3 Å². The number of rotatable bonds is 5. The van der Waals surface area contributed by atoms with Crippen LogP contribution >= 0.6 is 11.3 Å². The summed E-state index contributed by atoms with van der Waals surface area (Å²) in [5.41, 5.74) is 2.49. The third-order valence-corrected chi connectivity index (χ3v) is 6.15. The van der Waals surface area contributed by atoms with Crippen LogP contribution in [0.4, 0.5) is 4.39 Å². The zero-order chi connectivity index (χ0) is 22.1. The maximum Gasteiger partial charge on any atom is 0.260 e. The second-order valence-electron chi connectivity index (χ2n) is 7.31. The lowest BCUT2D eigenvalue weighted by Gasteiger charge is -2.13. The molecule has 0 bridgehead atoms. The summed E-state index contributed by atoms with van der Waals surface area (Å²) < 4.78 is 20.3. The lowest BCUT2D eigenvalue weighted by Crippen LogP contribution is -2.08. The molecule has 0 fully saturated rings. The molecule has 0 saturated heterocycles. The highest BCUT2D eigenvalue weighted by molar-refractivity contribution is 7.17. The minimum absolute atomic E-state index is 0.135. The molecule has 0 atom stereocenters. The Hall–Kier alpha value is -3.90. The van der Waals surface area contributed by atoms with E-state index in [1.54, 1.807) is 35.7 Å². The van der Waals surface area contributed by atoms with Gasteiger partial charge in [-0.25, -0.2) is 4.39 Å². The van der Waals surface area contributed by atoms with Crippen molar-refractivity contribution in [3.8, 4) is 33.8 Å².